The molecule has 2 aromatic heterocycles. The highest BCUT2D eigenvalue weighted by molar-refractivity contribution is 6.00. The normalized spacial score (nSPS) is 14.3. The molecule has 1 aromatic carbocycles. The highest BCUT2D eigenvalue weighted by atomic mass is 19.4. The largest absolute Gasteiger partial charge is 0.416 e. The van der Waals surface area contributed by atoms with Crippen LogP contribution in [0.4, 0.5) is 18.9 Å². The van der Waals surface area contributed by atoms with E-state index >= 15 is 0 Å². The van der Waals surface area contributed by atoms with Crippen molar-refractivity contribution in [2.45, 2.75) is 44.3 Å². The molecule has 0 unspecified atom stereocenters. The van der Waals surface area contributed by atoms with Crippen molar-refractivity contribution in [1.29, 1.82) is 0 Å². The van der Waals surface area contributed by atoms with Crippen LogP contribution in [-0.2, 0) is 11.0 Å². The van der Waals surface area contributed by atoms with Crippen molar-refractivity contribution in [2.24, 2.45) is 0 Å². The number of likely N-dealkylation sites (tertiary alicyclic amines) is 1. The zero-order valence-electron chi connectivity index (χ0n) is 20.0. The summed E-state index contributed by atoms with van der Waals surface area (Å²) in [5.41, 5.74) is 0.520. The van der Waals surface area contributed by atoms with Crippen LogP contribution in [0.1, 0.15) is 54.1 Å². The van der Waals surface area contributed by atoms with Crippen molar-refractivity contribution < 1.29 is 22.8 Å². The van der Waals surface area contributed by atoms with Crippen molar-refractivity contribution >= 4 is 17.5 Å². The molecule has 37 heavy (non-hydrogen) atoms. The number of rotatable bonds is 7. The van der Waals surface area contributed by atoms with E-state index in [0.29, 0.717) is 50.9 Å². The lowest BCUT2D eigenvalue weighted by molar-refractivity contribution is -0.137. The Morgan fingerprint density at radius 3 is 2.68 bits per heavy atom. The van der Waals surface area contributed by atoms with E-state index in [1.807, 2.05) is 0 Å². The van der Waals surface area contributed by atoms with Gasteiger partial charge in [0.05, 0.1) is 34.7 Å². The zero-order valence-corrected chi connectivity index (χ0v) is 20.0. The number of hydrogen-bond acceptors (Lipinski definition) is 4. The number of unbranched alkanes of at least 4 members (excludes halogenated alkanes) is 1. The molecular formula is C27H26F3N5O2. The van der Waals surface area contributed by atoms with Crippen molar-refractivity contribution in [2.75, 3.05) is 18.4 Å². The number of alkyl halides is 3. The van der Waals surface area contributed by atoms with Gasteiger partial charge in [-0.25, -0.2) is 0 Å². The Morgan fingerprint density at radius 1 is 1.16 bits per heavy atom. The number of carbonyl (C=O) groups excluding carboxylic acids is 2. The average Bonchev–Trinajstić information content (AvgIpc) is 3.36. The van der Waals surface area contributed by atoms with Gasteiger partial charge in [0.1, 0.15) is 0 Å². The molecule has 0 atom stereocenters. The van der Waals surface area contributed by atoms with Crippen molar-refractivity contribution in [3.63, 3.8) is 0 Å². The van der Waals surface area contributed by atoms with Gasteiger partial charge in [-0.2, -0.15) is 18.3 Å². The van der Waals surface area contributed by atoms with Crippen LogP contribution in [0.25, 0.3) is 11.3 Å². The monoisotopic (exact) mass is 509 g/mol. The van der Waals surface area contributed by atoms with Crippen LogP contribution in [-0.4, -0.2) is 44.6 Å². The summed E-state index contributed by atoms with van der Waals surface area (Å²) in [5.74, 6) is 2.11. The summed E-state index contributed by atoms with van der Waals surface area (Å²) in [6.07, 6.45) is 8.33. The first-order valence-corrected chi connectivity index (χ1v) is 12.0. The van der Waals surface area contributed by atoms with Gasteiger partial charge in [-0.1, -0.05) is 12.1 Å². The Bertz CT molecular complexity index is 1300. The third-order valence-corrected chi connectivity index (χ3v) is 6.24. The number of terminal acetylenes is 1. The smallest absolute Gasteiger partial charge is 0.338 e. The molecule has 1 aliphatic rings. The molecule has 4 rings (SSSR count). The Balaban J connectivity index is 1.40. The van der Waals surface area contributed by atoms with Crippen molar-refractivity contribution in [3.05, 3.63) is 66.1 Å². The number of hydrogen-bond donors (Lipinski definition) is 1. The first-order valence-electron chi connectivity index (χ1n) is 12.0. The number of aromatic nitrogens is 3. The third-order valence-electron chi connectivity index (χ3n) is 6.24. The van der Waals surface area contributed by atoms with Gasteiger partial charge in [0.25, 0.3) is 5.91 Å². The first kappa shape index (κ1) is 25.9. The summed E-state index contributed by atoms with van der Waals surface area (Å²) in [6, 6.07) is 8.06. The number of anilines is 1. The number of piperidine rings is 1. The van der Waals surface area contributed by atoms with E-state index in [2.05, 4.69) is 21.3 Å². The number of pyridine rings is 1. The van der Waals surface area contributed by atoms with Gasteiger partial charge in [-0.3, -0.25) is 19.3 Å². The molecule has 3 aromatic rings. The maximum atomic E-state index is 13.3. The van der Waals surface area contributed by atoms with E-state index in [-0.39, 0.29) is 34.7 Å². The SMILES string of the molecule is C#CCCCC(=O)Nc1cnn(C2CCN(C(=O)c3cccnc3-c3cccc(C(F)(F)F)c3)CC2)c1. The van der Waals surface area contributed by atoms with Crippen LogP contribution in [0.15, 0.2) is 55.0 Å². The number of nitrogens with zero attached hydrogens (tertiary/aromatic N) is 4. The molecular weight excluding hydrogens is 483 g/mol. The molecule has 1 saturated heterocycles. The Kier molecular flexibility index (Phi) is 7.92. The highest BCUT2D eigenvalue weighted by Gasteiger charge is 2.31. The number of amides is 2. The number of carbonyl (C=O) groups is 2. The van der Waals surface area contributed by atoms with Crippen LogP contribution in [0, 0.1) is 12.3 Å². The van der Waals surface area contributed by atoms with Gasteiger partial charge >= 0.3 is 6.18 Å². The minimum Gasteiger partial charge on any atom is -0.338 e. The Hall–Kier alpha value is -4.13. The summed E-state index contributed by atoms with van der Waals surface area (Å²) in [7, 11) is 0. The second-order valence-electron chi connectivity index (χ2n) is 8.82. The van der Waals surface area contributed by atoms with E-state index in [4.69, 9.17) is 6.42 Å². The van der Waals surface area contributed by atoms with E-state index in [0.717, 1.165) is 12.1 Å². The molecule has 0 aliphatic carbocycles. The second-order valence-corrected chi connectivity index (χ2v) is 8.82. The summed E-state index contributed by atoms with van der Waals surface area (Å²) >= 11 is 0. The Morgan fingerprint density at radius 2 is 1.95 bits per heavy atom. The molecule has 1 N–H and O–H groups in total. The van der Waals surface area contributed by atoms with Gasteiger partial charge in [0.15, 0.2) is 0 Å². The molecule has 3 heterocycles. The minimum atomic E-state index is -4.49. The molecule has 0 spiro atoms. The lowest BCUT2D eigenvalue weighted by Gasteiger charge is -2.32. The molecule has 0 bridgehead atoms. The quantitative estimate of drug-likeness (QED) is 0.352. The number of halogens is 3. The maximum Gasteiger partial charge on any atom is 0.416 e. The van der Waals surface area contributed by atoms with E-state index < -0.39 is 11.7 Å². The summed E-state index contributed by atoms with van der Waals surface area (Å²) in [5, 5.41) is 7.17. The fourth-order valence-corrected chi connectivity index (χ4v) is 4.33. The van der Waals surface area contributed by atoms with Crippen LogP contribution in [0.5, 0.6) is 0 Å². The molecule has 0 radical (unpaired) electrons. The van der Waals surface area contributed by atoms with E-state index in [1.54, 1.807) is 34.1 Å². The summed E-state index contributed by atoms with van der Waals surface area (Å²) < 4.78 is 41.4. The second kappa shape index (κ2) is 11.3. The minimum absolute atomic E-state index is 0.0491. The lowest BCUT2D eigenvalue weighted by atomic mass is 10.0. The lowest BCUT2D eigenvalue weighted by Crippen LogP contribution is -2.39. The molecule has 2 amide bonds. The van der Waals surface area contributed by atoms with Gasteiger partial charge in [0, 0.05) is 43.9 Å². The van der Waals surface area contributed by atoms with Gasteiger partial charge in [0.2, 0.25) is 5.91 Å². The molecule has 1 aliphatic heterocycles. The standard InChI is InChI=1S/C27H26F3N5O2/c1-2-3-4-10-24(36)33-21-17-32-35(18-21)22-11-14-34(15-12-22)26(37)23-9-6-13-31-25(23)19-7-5-8-20(16-19)27(28,29)30/h1,5-9,13,16-18,22H,3-4,10-12,14-15H2,(H,33,36). The van der Waals surface area contributed by atoms with Crippen LogP contribution in [0.3, 0.4) is 0 Å². The van der Waals surface area contributed by atoms with E-state index in [1.165, 1.54) is 18.3 Å². The summed E-state index contributed by atoms with van der Waals surface area (Å²) in [6.45, 7) is 0.905. The average molecular weight is 510 g/mol. The van der Waals surface area contributed by atoms with E-state index in [9.17, 15) is 22.8 Å². The van der Waals surface area contributed by atoms with Crippen molar-refractivity contribution in [3.8, 4) is 23.6 Å². The highest BCUT2D eigenvalue weighted by Crippen LogP contribution is 2.33. The first-order chi connectivity index (χ1) is 17.8. The fraction of sp³-hybridized carbons (Fsp3) is 0.333. The van der Waals surface area contributed by atoms with Crippen molar-refractivity contribution in [1.82, 2.24) is 19.7 Å². The summed E-state index contributed by atoms with van der Waals surface area (Å²) in [4.78, 5) is 31.2. The maximum absolute atomic E-state index is 13.3. The molecule has 1 fully saturated rings. The third kappa shape index (κ3) is 6.36. The topological polar surface area (TPSA) is 80.1 Å². The van der Waals surface area contributed by atoms with Crippen LogP contribution in [0.2, 0.25) is 0 Å². The molecule has 10 heteroatoms. The van der Waals surface area contributed by atoms with Gasteiger partial charge in [-0.05, 0) is 43.5 Å². The predicted octanol–water partition coefficient (Wildman–Crippen LogP) is 5.18. The molecule has 192 valence electrons. The van der Waals surface area contributed by atoms with Gasteiger partial charge < -0.3 is 10.2 Å². The molecule has 7 nitrogen and oxygen atoms in total. The van der Waals surface area contributed by atoms with Crippen LogP contribution >= 0.6 is 0 Å². The van der Waals surface area contributed by atoms with Crippen LogP contribution < -0.4 is 5.32 Å². The zero-order chi connectivity index (χ0) is 26.4. The fourth-order valence-electron chi connectivity index (χ4n) is 4.33. The number of benzene rings is 1. The molecule has 0 saturated carbocycles. The predicted molar refractivity (Wildman–Crippen MR) is 132 cm³/mol. The Labute approximate surface area is 212 Å². The number of nitrogens with one attached hydrogen (secondary N) is 1. The van der Waals surface area contributed by atoms with Gasteiger partial charge in [-0.15, -0.1) is 12.3 Å².